The van der Waals surface area contributed by atoms with Crippen molar-refractivity contribution in [3.63, 3.8) is 0 Å². The summed E-state index contributed by atoms with van der Waals surface area (Å²) in [5, 5.41) is 19.0. The van der Waals surface area contributed by atoms with Crippen molar-refractivity contribution in [3.05, 3.63) is 0 Å². The maximum absolute atomic E-state index is 9.48. The van der Waals surface area contributed by atoms with E-state index in [-0.39, 0.29) is 59.1 Å². The Labute approximate surface area is 102 Å². The predicted molar refractivity (Wildman–Crippen MR) is 18.0 cm³/mol. The molecule has 0 unspecified atom stereocenters. The molecular weight excluding hydrogens is 160 g/mol. The smallest absolute Gasteiger partial charge is 0.548 e. The van der Waals surface area contributed by atoms with Gasteiger partial charge in [0.1, 0.15) is 0 Å². The van der Waals surface area contributed by atoms with E-state index in [2.05, 4.69) is 5.73 Å². The summed E-state index contributed by atoms with van der Waals surface area (Å²) in [4.78, 5) is 19.0. The molecule has 46 valence electrons. The zero-order chi connectivity index (χ0) is 6.73. The van der Waals surface area contributed by atoms with Gasteiger partial charge >= 0.3 is 59.1 Å². The topological polar surface area (TPSA) is 106 Å². The summed E-state index contributed by atoms with van der Waals surface area (Å²) in [6, 6.07) is -2.02. The van der Waals surface area contributed by atoms with E-state index in [9.17, 15) is 19.8 Å². The second-order valence-electron chi connectivity index (χ2n) is 1.12. The van der Waals surface area contributed by atoms with Gasteiger partial charge in [-0.25, -0.2) is 0 Å². The Morgan fingerprint density at radius 3 is 1.30 bits per heavy atom. The van der Waals surface area contributed by atoms with Crippen molar-refractivity contribution < 1.29 is 78.9 Å². The average molecular weight is 163 g/mol. The van der Waals surface area contributed by atoms with E-state index in [0.717, 1.165) is 0 Å². The fourth-order valence-electron chi connectivity index (χ4n) is 0.0962. The van der Waals surface area contributed by atoms with E-state index in [4.69, 9.17) is 0 Å². The van der Waals surface area contributed by atoms with E-state index >= 15 is 0 Å². The molecule has 2 N–H and O–H groups in total. The standard InChI is InChI=1S/C3H5NO4.2Na/c4-1(2(5)6)3(7)8;;/h1H,4H2,(H,5,6)(H,7,8);;/q;2*+1/p-2. The monoisotopic (exact) mass is 163 g/mol. The number of carbonyl (C=O) groups excluding carboxylic acids is 2. The van der Waals surface area contributed by atoms with Crippen molar-refractivity contribution in [2.75, 3.05) is 0 Å². The van der Waals surface area contributed by atoms with Crippen LogP contribution in [-0.2, 0) is 9.59 Å². The SMILES string of the molecule is NC(C(=O)[O-])C(=O)[O-].[Na+].[Na+]. The number of carboxylic acids is 2. The van der Waals surface area contributed by atoms with Crippen LogP contribution < -0.4 is 75.1 Å². The van der Waals surface area contributed by atoms with Gasteiger partial charge < -0.3 is 25.5 Å². The van der Waals surface area contributed by atoms with Crippen molar-refractivity contribution >= 4 is 11.9 Å². The van der Waals surface area contributed by atoms with E-state index in [1.165, 1.54) is 0 Å². The molecule has 0 aliphatic heterocycles. The van der Waals surface area contributed by atoms with E-state index in [1.54, 1.807) is 0 Å². The molecular formula is C3H3NNa2O4. The van der Waals surface area contributed by atoms with Gasteiger partial charge in [0.2, 0.25) is 0 Å². The Hall–Kier alpha value is 0.900. The normalized spacial score (nSPS) is 7.40. The van der Waals surface area contributed by atoms with Crippen LogP contribution >= 0.6 is 0 Å². The molecule has 0 rings (SSSR count). The second-order valence-corrected chi connectivity index (χ2v) is 1.12. The van der Waals surface area contributed by atoms with Crippen LogP contribution in [0.4, 0.5) is 0 Å². The van der Waals surface area contributed by atoms with E-state index in [0.29, 0.717) is 0 Å². The minimum atomic E-state index is -2.02. The molecule has 0 fully saturated rings. The molecule has 0 bridgehead atoms. The van der Waals surface area contributed by atoms with Crippen LogP contribution in [0, 0.1) is 0 Å². The number of carboxylic acid groups (broad SMARTS) is 2. The van der Waals surface area contributed by atoms with Gasteiger partial charge in [0, 0.05) is 0 Å². The molecule has 0 aromatic rings. The van der Waals surface area contributed by atoms with Crippen LogP contribution in [0.5, 0.6) is 0 Å². The molecule has 0 amide bonds. The fourth-order valence-corrected chi connectivity index (χ4v) is 0.0962. The van der Waals surface area contributed by atoms with Crippen molar-refractivity contribution in [3.8, 4) is 0 Å². The third-order valence-electron chi connectivity index (χ3n) is 0.508. The zero-order valence-electron chi connectivity index (χ0n) is 5.79. The van der Waals surface area contributed by atoms with Crippen LogP contribution in [0.3, 0.4) is 0 Å². The van der Waals surface area contributed by atoms with Crippen LogP contribution in [0.25, 0.3) is 0 Å². The van der Waals surface area contributed by atoms with Gasteiger partial charge in [-0.05, 0) is 0 Å². The molecule has 5 nitrogen and oxygen atoms in total. The first kappa shape index (κ1) is 17.1. The van der Waals surface area contributed by atoms with Gasteiger partial charge in [0.15, 0.2) is 0 Å². The molecule has 0 spiro atoms. The van der Waals surface area contributed by atoms with Gasteiger partial charge in [-0.15, -0.1) is 0 Å². The van der Waals surface area contributed by atoms with Gasteiger partial charge in [-0.3, -0.25) is 0 Å². The largest absolute Gasteiger partial charge is 1.00 e. The minimum Gasteiger partial charge on any atom is -0.548 e. The van der Waals surface area contributed by atoms with Crippen molar-refractivity contribution in [2.24, 2.45) is 5.73 Å². The average Bonchev–Trinajstić information content (AvgIpc) is 1.64. The summed E-state index contributed by atoms with van der Waals surface area (Å²) in [6.07, 6.45) is 0. The molecule has 7 heteroatoms. The molecule has 0 saturated heterocycles. The van der Waals surface area contributed by atoms with Crippen LogP contribution in [-0.4, -0.2) is 18.0 Å². The Bertz CT molecular complexity index is 114. The van der Waals surface area contributed by atoms with Gasteiger partial charge in [0.05, 0.1) is 18.0 Å². The maximum Gasteiger partial charge on any atom is 1.00 e. The third kappa shape index (κ3) is 7.01. The Morgan fingerprint density at radius 1 is 1.10 bits per heavy atom. The second kappa shape index (κ2) is 8.00. The molecule has 0 atom stereocenters. The predicted octanol–water partition coefficient (Wildman–Crippen LogP) is -10.2. The quantitative estimate of drug-likeness (QED) is 0.321. The summed E-state index contributed by atoms with van der Waals surface area (Å²) in [5.74, 6) is -3.69. The van der Waals surface area contributed by atoms with E-state index in [1.807, 2.05) is 0 Å². The summed E-state index contributed by atoms with van der Waals surface area (Å²) in [7, 11) is 0. The number of hydrogen-bond donors (Lipinski definition) is 1. The minimum absolute atomic E-state index is 0. The first-order chi connectivity index (χ1) is 3.55. The van der Waals surface area contributed by atoms with Crippen LogP contribution in [0.1, 0.15) is 0 Å². The molecule has 0 aliphatic rings. The molecule has 0 radical (unpaired) electrons. The Balaban J connectivity index is -0.000000245. The Morgan fingerprint density at radius 2 is 1.30 bits per heavy atom. The first-order valence-electron chi connectivity index (χ1n) is 1.73. The summed E-state index contributed by atoms with van der Waals surface area (Å²) < 4.78 is 0. The number of rotatable bonds is 2. The maximum atomic E-state index is 9.48. The zero-order valence-corrected chi connectivity index (χ0v) is 9.79. The Kier molecular flexibility index (Phi) is 13.7. The molecule has 0 heterocycles. The number of nitrogens with two attached hydrogens (primary N) is 1. The van der Waals surface area contributed by atoms with Crippen molar-refractivity contribution in [1.29, 1.82) is 0 Å². The molecule has 10 heavy (non-hydrogen) atoms. The fraction of sp³-hybridized carbons (Fsp3) is 0.333. The van der Waals surface area contributed by atoms with Crippen molar-refractivity contribution in [1.82, 2.24) is 0 Å². The third-order valence-corrected chi connectivity index (χ3v) is 0.508. The number of hydrogen-bond acceptors (Lipinski definition) is 5. The van der Waals surface area contributed by atoms with Crippen LogP contribution in [0.2, 0.25) is 0 Å². The number of aliphatic carboxylic acids is 2. The van der Waals surface area contributed by atoms with Crippen LogP contribution in [0.15, 0.2) is 0 Å². The number of carbonyl (C=O) groups is 2. The molecule has 0 aromatic carbocycles. The van der Waals surface area contributed by atoms with Gasteiger partial charge in [-0.2, -0.15) is 0 Å². The summed E-state index contributed by atoms with van der Waals surface area (Å²) in [5.41, 5.74) is 4.44. The van der Waals surface area contributed by atoms with E-state index < -0.39 is 18.0 Å². The molecule has 0 aliphatic carbocycles. The molecule has 0 aromatic heterocycles. The summed E-state index contributed by atoms with van der Waals surface area (Å²) >= 11 is 0. The van der Waals surface area contributed by atoms with Crippen molar-refractivity contribution in [2.45, 2.75) is 6.04 Å². The first-order valence-corrected chi connectivity index (χ1v) is 1.73. The molecule has 0 saturated carbocycles. The van der Waals surface area contributed by atoms with Gasteiger partial charge in [0.25, 0.3) is 0 Å². The van der Waals surface area contributed by atoms with Gasteiger partial charge in [-0.1, -0.05) is 0 Å². The summed E-state index contributed by atoms with van der Waals surface area (Å²) in [6.45, 7) is 0.